The first kappa shape index (κ1) is 23.2. The maximum absolute atomic E-state index is 12.5. The van der Waals surface area contributed by atoms with Crippen LogP contribution in [-0.4, -0.2) is 49.7 Å². The third kappa shape index (κ3) is 7.04. The minimum absolute atomic E-state index is 0.0537. The summed E-state index contributed by atoms with van der Waals surface area (Å²) in [6.45, 7) is 4.43. The Bertz CT molecular complexity index is 726. The lowest BCUT2D eigenvalue weighted by atomic mass is 9.93. The third-order valence-corrected chi connectivity index (χ3v) is 6.33. The Morgan fingerprint density at radius 3 is 2.48 bits per heavy atom. The summed E-state index contributed by atoms with van der Waals surface area (Å²) in [5, 5.41) is 6.20. The molecule has 0 unspecified atom stereocenters. The molecule has 2 fully saturated rings. The molecule has 1 aliphatic carbocycles. The first-order chi connectivity index (χ1) is 15.1. The van der Waals surface area contributed by atoms with Gasteiger partial charge in [-0.2, -0.15) is 0 Å². The summed E-state index contributed by atoms with van der Waals surface area (Å²) < 4.78 is 10.9. The van der Waals surface area contributed by atoms with Gasteiger partial charge in [-0.25, -0.2) is 4.79 Å². The highest BCUT2D eigenvalue weighted by atomic mass is 16.5. The van der Waals surface area contributed by atoms with Gasteiger partial charge >= 0.3 is 6.03 Å². The average Bonchev–Trinajstić information content (AvgIpc) is 2.79. The molecule has 0 bridgehead atoms. The molecule has 7 heteroatoms. The minimum Gasteiger partial charge on any atom is -0.493 e. The normalized spacial score (nSPS) is 17.8. The zero-order chi connectivity index (χ0) is 22.1. The first-order valence-electron chi connectivity index (χ1n) is 11.7. The molecule has 1 saturated heterocycles. The maximum atomic E-state index is 12.5. The van der Waals surface area contributed by atoms with E-state index >= 15 is 0 Å². The van der Waals surface area contributed by atoms with Gasteiger partial charge in [0.05, 0.1) is 13.7 Å². The molecule has 1 heterocycles. The fourth-order valence-electron chi connectivity index (χ4n) is 4.48. The van der Waals surface area contributed by atoms with Crippen molar-refractivity contribution in [2.75, 3.05) is 26.8 Å². The van der Waals surface area contributed by atoms with Crippen molar-refractivity contribution >= 4 is 11.9 Å². The largest absolute Gasteiger partial charge is 0.493 e. The number of likely N-dealkylation sites (tertiary alicyclic amines) is 1. The standard InChI is InChI=1S/C24H37N3O4/c1-3-31-21-10-9-19(15-22(21)30-2)17-25-23(28)16-18-11-13-27(14-12-18)24(29)26-20-7-5-4-6-8-20/h9-10,15,18,20H,3-8,11-14,16-17H2,1-2H3,(H,25,28)(H,26,29). The second-order valence-electron chi connectivity index (χ2n) is 8.61. The molecule has 172 valence electrons. The summed E-state index contributed by atoms with van der Waals surface area (Å²) in [4.78, 5) is 26.8. The van der Waals surface area contributed by atoms with Crippen LogP contribution >= 0.6 is 0 Å². The second-order valence-corrected chi connectivity index (χ2v) is 8.61. The van der Waals surface area contributed by atoms with E-state index in [1.165, 1.54) is 19.3 Å². The number of nitrogens with zero attached hydrogens (tertiary/aromatic N) is 1. The lowest BCUT2D eigenvalue weighted by Crippen LogP contribution is -2.48. The number of hydrogen-bond acceptors (Lipinski definition) is 4. The van der Waals surface area contributed by atoms with E-state index in [-0.39, 0.29) is 11.9 Å². The van der Waals surface area contributed by atoms with Crippen LogP contribution < -0.4 is 20.1 Å². The molecule has 1 aliphatic heterocycles. The Kier molecular flexibility index (Phi) is 8.85. The van der Waals surface area contributed by atoms with Crippen LogP contribution in [0.2, 0.25) is 0 Å². The van der Waals surface area contributed by atoms with Crippen molar-refractivity contribution in [2.45, 2.75) is 70.9 Å². The molecule has 1 saturated carbocycles. The van der Waals surface area contributed by atoms with Crippen molar-refractivity contribution in [3.63, 3.8) is 0 Å². The van der Waals surface area contributed by atoms with Crippen molar-refractivity contribution < 1.29 is 19.1 Å². The highest BCUT2D eigenvalue weighted by Gasteiger charge is 2.26. The fourth-order valence-corrected chi connectivity index (χ4v) is 4.48. The van der Waals surface area contributed by atoms with Gasteiger partial charge in [0, 0.05) is 32.1 Å². The van der Waals surface area contributed by atoms with Crippen LogP contribution in [0.3, 0.4) is 0 Å². The molecule has 0 atom stereocenters. The summed E-state index contributed by atoms with van der Waals surface area (Å²) in [5.41, 5.74) is 0.975. The van der Waals surface area contributed by atoms with Crippen molar-refractivity contribution in [3.05, 3.63) is 23.8 Å². The Balaban J connectivity index is 1.37. The molecule has 1 aromatic carbocycles. The number of hydrogen-bond donors (Lipinski definition) is 2. The van der Waals surface area contributed by atoms with E-state index in [0.717, 1.165) is 44.3 Å². The number of carbonyl (C=O) groups is 2. The van der Waals surface area contributed by atoms with Crippen molar-refractivity contribution in [1.82, 2.24) is 15.5 Å². The lowest BCUT2D eigenvalue weighted by molar-refractivity contribution is -0.122. The molecule has 7 nitrogen and oxygen atoms in total. The monoisotopic (exact) mass is 431 g/mol. The number of benzene rings is 1. The quantitative estimate of drug-likeness (QED) is 0.655. The molecular weight excluding hydrogens is 394 g/mol. The minimum atomic E-state index is 0.0537. The van der Waals surface area contributed by atoms with Gasteiger partial charge in [-0.3, -0.25) is 4.79 Å². The van der Waals surface area contributed by atoms with E-state index in [2.05, 4.69) is 10.6 Å². The predicted molar refractivity (Wildman–Crippen MR) is 120 cm³/mol. The van der Waals surface area contributed by atoms with Gasteiger partial charge in [0.1, 0.15) is 0 Å². The van der Waals surface area contributed by atoms with Gasteiger partial charge in [-0.15, -0.1) is 0 Å². The number of ether oxygens (including phenoxy) is 2. The molecule has 31 heavy (non-hydrogen) atoms. The van der Waals surface area contributed by atoms with Gasteiger partial charge in [0.15, 0.2) is 11.5 Å². The van der Waals surface area contributed by atoms with E-state index in [9.17, 15) is 9.59 Å². The van der Waals surface area contributed by atoms with Gasteiger partial charge in [-0.1, -0.05) is 25.3 Å². The molecule has 2 aliphatic rings. The van der Waals surface area contributed by atoms with Crippen LogP contribution in [0.5, 0.6) is 11.5 Å². The van der Waals surface area contributed by atoms with E-state index in [1.807, 2.05) is 30.0 Å². The highest BCUT2D eigenvalue weighted by molar-refractivity contribution is 5.76. The molecule has 2 N–H and O–H groups in total. The Morgan fingerprint density at radius 1 is 1.06 bits per heavy atom. The van der Waals surface area contributed by atoms with Gasteiger partial charge in [0.2, 0.25) is 5.91 Å². The maximum Gasteiger partial charge on any atom is 0.317 e. The zero-order valence-corrected chi connectivity index (χ0v) is 19.0. The Labute approximate surface area is 185 Å². The first-order valence-corrected chi connectivity index (χ1v) is 11.7. The zero-order valence-electron chi connectivity index (χ0n) is 19.0. The van der Waals surface area contributed by atoms with Crippen molar-refractivity contribution in [2.24, 2.45) is 5.92 Å². The number of urea groups is 1. The summed E-state index contributed by atoms with van der Waals surface area (Å²) >= 11 is 0. The van der Waals surface area contributed by atoms with E-state index in [0.29, 0.717) is 43.0 Å². The third-order valence-electron chi connectivity index (χ3n) is 6.33. The van der Waals surface area contributed by atoms with Crippen LogP contribution in [0.25, 0.3) is 0 Å². The van der Waals surface area contributed by atoms with E-state index in [4.69, 9.17) is 9.47 Å². The van der Waals surface area contributed by atoms with Crippen LogP contribution in [0.4, 0.5) is 4.79 Å². The number of methoxy groups -OCH3 is 1. The van der Waals surface area contributed by atoms with Crippen LogP contribution in [0.1, 0.15) is 63.9 Å². The van der Waals surface area contributed by atoms with E-state index < -0.39 is 0 Å². The van der Waals surface area contributed by atoms with Crippen LogP contribution in [-0.2, 0) is 11.3 Å². The molecule has 0 spiro atoms. The number of carbonyl (C=O) groups excluding carboxylic acids is 2. The molecule has 0 aromatic heterocycles. The smallest absolute Gasteiger partial charge is 0.317 e. The number of amides is 3. The molecule has 3 rings (SSSR count). The van der Waals surface area contributed by atoms with Crippen LogP contribution in [0.15, 0.2) is 18.2 Å². The summed E-state index contributed by atoms with van der Waals surface area (Å²) in [6.07, 6.45) is 8.17. The van der Waals surface area contributed by atoms with Gasteiger partial charge < -0.3 is 25.0 Å². The number of nitrogens with one attached hydrogen (secondary N) is 2. The Hall–Kier alpha value is -2.44. The summed E-state index contributed by atoms with van der Waals surface area (Å²) in [5.74, 6) is 1.76. The lowest BCUT2D eigenvalue weighted by Gasteiger charge is -2.33. The second kappa shape index (κ2) is 11.8. The van der Waals surface area contributed by atoms with Crippen molar-refractivity contribution in [3.8, 4) is 11.5 Å². The number of rotatable bonds is 8. The number of piperidine rings is 1. The average molecular weight is 432 g/mol. The molecule has 1 aromatic rings. The highest BCUT2D eigenvalue weighted by Crippen LogP contribution is 2.28. The fraction of sp³-hybridized carbons (Fsp3) is 0.667. The van der Waals surface area contributed by atoms with E-state index in [1.54, 1.807) is 7.11 Å². The predicted octanol–water partition coefficient (Wildman–Crippen LogP) is 3.85. The summed E-state index contributed by atoms with van der Waals surface area (Å²) in [7, 11) is 1.61. The van der Waals surface area contributed by atoms with Crippen LogP contribution in [0, 0.1) is 5.92 Å². The molecule has 3 amide bonds. The topological polar surface area (TPSA) is 79.9 Å². The molecule has 0 radical (unpaired) electrons. The van der Waals surface area contributed by atoms with Gasteiger partial charge in [0.25, 0.3) is 0 Å². The molecular formula is C24H37N3O4. The van der Waals surface area contributed by atoms with Crippen molar-refractivity contribution in [1.29, 1.82) is 0 Å². The Morgan fingerprint density at radius 2 is 1.81 bits per heavy atom. The summed E-state index contributed by atoms with van der Waals surface area (Å²) in [6, 6.07) is 6.12. The van der Waals surface area contributed by atoms with Gasteiger partial charge in [-0.05, 0) is 56.2 Å². The SMILES string of the molecule is CCOc1ccc(CNC(=O)CC2CCN(C(=O)NC3CCCCC3)CC2)cc1OC.